The minimum Gasteiger partial charge on any atom is -0.477 e. The molecule has 2 heterocycles. The minimum absolute atomic E-state index is 0.0703. The van der Waals surface area contributed by atoms with Crippen molar-refractivity contribution in [2.75, 3.05) is 4.72 Å². The van der Waals surface area contributed by atoms with Crippen molar-refractivity contribution in [2.45, 2.75) is 25.3 Å². The van der Waals surface area contributed by atoms with Gasteiger partial charge in [0.05, 0.1) is 5.69 Å². The fourth-order valence-electron chi connectivity index (χ4n) is 1.97. The zero-order valence-electron chi connectivity index (χ0n) is 11.9. The van der Waals surface area contributed by atoms with Crippen LogP contribution >= 0.6 is 0 Å². The number of aryl methyl sites for hydroxylation is 3. The molecule has 0 unspecified atom stereocenters. The number of nitrogens with one attached hydrogen (secondary N) is 1. The van der Waals surface area contributed by atoms with Crippen LogP contribution in [0.25, 0.3) is 0 Å². The third-order valence-electron chi connectivity index (χ3n) is 2.98. The number of carboxylic acids is 1. The zero-order valence-corrected chi connectivity index (χ0v) is 12.7. The molecule has 0 aliphatic heterocycles. The quantitative estimate of drug-likeness (QED) is 0.858. The highest BCUT2D eigenvalue weighted by Gasteiger charge is 2.22. The molecule has 9 heteroatoms. The van der Waals surface area contributed by atoms with E-state index >= 15 is 0 Å². The summed E-state index contributed by atoms with van der Waals surface area (Å²) in [4.78, 5) is 11.0. The summed E-state index contributed by atoms with van der Waals surface area (Å²) in [6, 6.07) is 2.73. The average molecular weight is 312 g/mol. The largest absolute Gasteiger partial charge is 0.477 e. The van der Waals surface area contributed by atoms with E-state index in [1.807, 2.05) is 0 Å². The Morgan fingerprint density at radius 2 is 2.10 bits per heavy atom. The van der Waals surface area contributed by atoms with Crippen LogP contribution in [0.4, 0.5) is 5.82 Å². The molecule has 0 aliphatic rings. The number of carbonyl (C=O) groups is 1. The van der Waals surface area contributed by atoms with E-state index in [1.54, 1.807) is 27.0 Å². The molecule has 8 nitrogen and oxygen atoms in total. The maximum absolute atomic E-state index is 12.3. The third kappa shape index (κ3) is 2.92. The van der Waals surface area contributed by atoms with Gasteiger partial charge in [0.25, 0.3) is 10.0 Å². The predicted octanol–water partition coefficient (Wildman–Crippen LogP) is 1.05. The Labute approximate surface area is 122 Å². The average Bonchev–Trinajstić information content (AvgIpc) is 2.93. The van der Waals surface area contributed by atoms with E-state index in [0.29, 0.717) is 18.1 Å². The van der Waals surface area contributed by atoms with Crippen LogP contribution in [0.15, 0.2) is 23.2 Å². The molecule has 0 bridgehead atoms. The molecule has 0 saturated carbocycles. The van der Waals surface area contributed by atoms with E-state index in [0.717, 1.165) is 6.07 Å². The van der Waals surface area contributed by atoms with Gasteiger partial charge in [0, 0.05) is 25.9 Å². The van der Waals surface area contributed by atoms with Crippen LogP contribution in [0.2, 0.25) is 0 Å². The highest BCUT2D eigenvalue weighted by atomic mass is 32.2. The second-order valence-electron chi connectivity index (χ2n) is 4.55. The SMILES string of the molecule is CCn1cc(S(=O)(=O)Nc2cc(C)nn2C)cc1C(=O)O. The van der Waals surface area contributed by atoms with Crippen LogP contribution in [0, 0.1) is 6.92 Å². The molecule has 114 valence electrons. The first kappa shape index (κ1) is 15.1. The first-order valence-electron chi connectivity index (χ1n) is 6.21. The number of hydrogen-bond donors (Lipinski definition) is 2. The van der Waals surface area contributed by atoms with Gasteiger partial charge in [-0.25, -0.2) is 13.2 Å². The summed E-state index contributed by atoms with van der Waals surface area (Å²) in [6.45, 7) is 3.84. The van der Waals surface area contributed by atoms with Crippen LogP contribution < -0.4 is 4.72 Å². The van der Waals surface area contributed by atoms with Crippen molar-refractivity contribution in [1.29, 1.82) is 0 Å². The van der Waals surface area contributed by atoms with Gasteiger partial charge in [-0.2, -0.15) is 5.10 Å². The summed E-state index contributed by atoms with van der Waals surface area (Å²) in [5.41, 5.74) is 0.603. The zero-order chi connectivity index (χ0) is 15.8. The lowest BCUT2D eigenvalue weighted by Gasteiger charge is -2.05. The second kappa shape index (κ2) is 5.24. The molecule has 0 saturated heterocycles. The van der Waals surface area contributed by atoms with Gasteiger partial charge in [-0.05, 0) is 19.9 Å². The van der Waals surface area contributed by atoms with Crippen LogP contribution in [0.1, 0.15) is 23.1 Å². The summed E-state index contributed by atoms with van der Waals surface area (Å²) >= 11 is 0. The number of sulfonamides is 1. The Hall–Kier alpha value is -2.29. The maximum atomic E-state index is 12.3. The van der Waals surface area contributed by atoms with Crippen molar-refractivity contribution in [3.63, 3.8) is 0 Å². The van der Waals surface area contributed by atoms with Crippen molar-refractivity contribution in [3.8, 4) is 0 Å². The van der Waals surface area contributed by atoms with Crippen LogP contribution in [0.3, 0.4) is 0 Å². The molecular formula is C12H16N4O4S. The van der Waals surface area contributed by atoms with Gasteiger partial charge in [0.15, 0.2) is 0 Å². The van der Waals surface area contributed by atoms with Crippen molar-refractivity contribution in [1.82, 2.24) is 14.3 Å². The van der Waals surface area contributed by atoms with E-state index in [2.05, 4.69) is 9.82 Å². The number of nitrogens with zero attached hydrogens (tertiary/aromatic N) is 3. The molecule has 21 heavy (non-hydrogen) atoms. The Balaban J connectivity index is 2.40. The van der Waals surface area contributed by atoms with Crippen molar-refractivity contribution < 1.29 is 18.3 Å². The van der Waals surface area contributed by atoms with Crippen LogP contribution in [0.5, 0.6) is 0 Å². The van der Waals surface area contributed by atoms with E-state index in [9.17, 15) is 13.2 Å². The van der Waals surface area contributed by atoms with Gasteiger partial charge in [0.2, 0.25) is 0 Å². The fraction of sp³-hybridized carbons (Fsp3) is 0.333. The molecule has 0 spiro atoms. The van der Waals surface area contributed by atoms with Crippen molar-refractivity contribution in [3.05, 3.63) is 29.7 Å². The molecular weight excluding hydrogens is 296 g/mol. The fourth-order valence-corrected chi connectivity index (χ4v) is 3.09. The lowest BCUT2D eigenvalue weighted by Crippen LogP contribution is -2.14. The van der Waals surface area contributed by atoms with Crippen LogP contribution in [-0.4, -0.2) is 33.8 Å². The molecule has 2 N–H and O–H groups in total. The van der Waals surface area contributed by atoms with E-state index in [4.69, 9.17) is 5.11 Å². The number of carboxylic acid groups (broad SMARTS) is 1. The Morgan fingerprint density at radius 3 is 2.52 bits per heavy atom. The molecule has 2 rings (SSSR count). The first-order valence-corrected chi connectivity index (χ1v) is 7.70. The van der Waals surface area contributed by atoms with Gasteiger partial charge in [-0.1, -0.05) is 0 Å². The maximum Gasteiger partial charge on any atom is 0.352 e. The Kier molecular flexibility index (Phi) is 3.77. The summed E-state index contributed by atoms with van der Waals surface area (Å²) in [7, 11) is -2.25. The van der Waals surface area contributed by atoms with Gasteiger partial charge in [-0.15, -0.1) is 0 Å². The number of aromatic carboxylic acids is 1. The third-order valence-corrected chi connectivity index (χ3v) is 4.30. The standard InChI is InChI=1S/C12H16N4O4S/c1-4-16-7-9(6-10(16)12(17)18)21(19,20)14-11-5-8(2)13-15(11)3/h5-7,14H,4H2,1-3H3,(H,17,18). The van der Waals surface area contributed by atoms with Crippen molar-refractivity contribution in [2.24, 2.45) is 7.05 Å². The highest BCUT2D eigenvalue weighted by molar-refractivity contribution is 7.92. The molecule has 0 aliphatic carbocycles. The summed E-state index contributed by atoms with van der Waals surface area (Å²) in [5.74, 6) is -0.858. The highest BCUT2D eigenvalue weighted by Crippen LogP contribution is 2.19. The molecule has 2 aromatic rings. The lowest BCUT2D eigenvalue weighted by molar-refractivity contribution is 0.0685. The van der Waals surface area contributed by atoms with E-state index in [-0.39, 0.29) is 10.6 Å². The number of hydrogen-bond acceptors (Lipinski definition) is 4. The minimum atomic E-state index is -3.86. The van der Waals surface area contributed by atoms with E-state index < -0.39 is 16.0 Å². The second-order valence-corrected chi connectivity index (χ2v) is 6.23. The van der Waals surface area contributed by atoms with Gasteiger partial charge in [-0.3, -0.25) is 9.40 Å². The monoisotopic (exact) mass is 312 g/mol. The predicted molar refractivity (Wildman–Crippen MR) is 75.8 cm³/mol. The molecule has 2 aromatic heterocycles. The summed E-state index contributed by atoms with van der Waals surface area (Å²) in [5, 5.41) is 13.1. The number of rotatable bonds is 5. The lowest BCUT2D eigenvalue weighted by atomic mass is 10.4. The topological polar surface area (TPSA) is 106 Å². The van der Waals surface area contributed by atoms with E-state index in [1.165, 1.54) is 15.4 Å². The first-order chi connectivity index (χ1) is 9.74. The Bertz CT molecular complexity index is 788. The summed E-state index contributed by atoms with van der Waals surface area (Å²) in [6.07, 6.45) is 1.30. The normalized spacial score (nSPS) is 11.6. The number of anilines is 1. The van der Waals surface area contributed by atoms with Crippen LogP contribution in [-0.2, 0) is 23.6 Å². The molecule has 0 atom stereocenters. The molecule has 0 fully saturated rings. The smallest absolute Gasteiger partial charge is 0.352 e. The summed E-state index contributed by atoms with van der Waals surface area (Å²) < 4.78 is 29.8. The van der Waals surface area contributed by atoms with Gasteiger partial charge >= 0.3 is 5.97 Å². The molecule has 0 aromatic carbocycles. The van der Waals surface area contributed by atoms with Crippen molar-refractivity contribution >= 4 is 21.8 Å². The van der Waals surface area contributed by atoms with Gasteiger partial charge < -0.3 is 9.67 Å². The molecule has 0 radical (unpaired) electrons. The number of aromatic nitrogens is 3. The Morgan fingerprint density at radius 1 is 1.43 bits per heavy atom. The van der Waals surface area contributed by atoms with Gasteiger partial charge in [0.1, 0.15) is 16.4 Å². The molecule has 0 amide bonds.